The number of alkyl halides is 1. The highest BCUT2D eigenvalue weighted by Crippen LogP contribution is 2.21. The van der Waals surface area contributed by atoms with E-state index >= 15 is 0 Å². The number of thioether (sulfide) groups is 1. The third-order valence-electron chi connectivity index (χ3n) is 3.16. The molecule has 0 aliphatic rings. The third kappa shape index (κ3) is 3.23. The summed E-state index contributed by atoms with van der Waals surface area (Å²) in [7, 11) is 0. The van der Waals surface area contributed by atoms with Crippen LogP contribution in [0.2, 0.25) is 0 Å². The standard InChI is InChI=1S/C14H18ClFN2S/c1-10-8-13-12(9-11(10)16)17-14(4-5-15)18(13)6-3-7-19-2/h8-9H,3-7H2,1-2H3. The fourth-order valence-electron chi connectivity index (χ4n) is 2.19. The van der Waals surface area contributed by atoms with Gasteiger partial charge in [0.05, 0.1) is 11.0 Å². The van der Waals surface area contributed by atoms with E-state index in [1.807, 2.05) is 17.8 Å². The minimum atomic E-state index is -0.196. The molecular formula is C14H18ClFN2S. The lowest BCUT2D eigenvalue weighted by Gasteiger charge is -2.08. The lowest BCUT2D eigenvalue weighted by Crippen LogP contribution is -2.05. The summed E-state index contributed by atoms with van der Waals surface area (Å²) >= 11 is 7.66. The van der Waals surface area contributed by atoms with Gasteiger partial charge in [0.1, 0.15) is 11.6 Å². The highest BCUT2D eigenvalue weighted by Gasteiger charge is 2.12. The number of aryl methyl sites for hydroxylation is 3. The highest BCUT2D eigenvalue weighted by atomic mass is 35.5. The summed E-state index contributed by atoms with van der Waals surface area (Å²) in [6, 6.07) is 3.40. The SMILES string of the molecule is CSCCCn1c(CCCl)nc2cc(F)c(C)cc21. The molecule has 2 aromatic rings. The first kappa shape index (κ1) is 14.7. The van der Waals surface area contributed by atoms with Crippen LogP contribution in [0.5, 0.6) is 0 Å². The molecular weight excluding hydrogens is 283 g/mol. The zero-order chi connectivity index (χ0) is 13.8. The van der Waals surface area contributed by atoms with Gasteiger partial charge < -0.3 is 4.57 Å². The molecule has 2 rings (SSSR count). The van der Waals surface area contributed by atoms with Gasteiger partial charge in [0, 0.05) is 24.9 Å². The van der Waals surface area contributed by atoms with Crippen molar-refractivity contribution in [3.05, 3.63) is 29.3 Å². The summed E-state index contributed by atoms with van der Waals surface area (Å²) in [5.41, 5.74) is 2.41. The number of rotatable bonds is 6. The zero-order valence-corrected chi connectivity index (χ0v) is 12.8. The normalized spacial score (nSPS) is 11.4. The molecule has 0 N–H and O–H groups in total. The van der Waals surface area contributed by atoms with Gasteiger partial charge in [0.25, 0.3) is 0 Å². The smallest absolute Gasteiger partial charge is 0.128 e. The Balaban J connectivity index is 2.43. The van der Waals surface area contributed by atoms with Crippen molar-refractivity contribution in [1.29, 1.82) is 0 Å². The molecule has 2 nitrogen and oxygen atoms in total. The monoisotopic (exact) mass is 300 g/mol. The third-order valence-corrected chi connectivity index (χ3v) is 4.04. The van der Waals surface area contributed by atoms with Crippen LogP contribution in [-0.4, -0.2) is 27.4 Å². The Hall–Kier alpha value is -0.740. The maximum Gasteiger partial charge on any atom is 0.128 e. The Labute approximate surface area is 122 Å². The van der Waals surface area contributed by atoms with Crippen molar-refractivity contribution >= 4 is 34.4 Å². The molecule has 5 heteroatoms. The predicted molar refractivity (Wildman–Crippen MR) is 81.9 cm³/mol. The molecule has 1 aromatic heterocycles. The Morgan fingerprint density at radius 1 is 1.42 bits per heavy atom. The van der Waals surface area contributed by atoms with E-state index < -0.39 is 0 Å². The summed E-state index contributed by atoms with van der Waals surface area (Å²) < 4.78 is 15.8. The van der Waals surface area contributed by atoms with E-state index in [9.17, 15) is 4.39 Å². The van der Waals surface area contributed by atoms with E-state index in [-0.39, 0.29) is 5.82 Å². The molecule has 1 heterocycles. The summed E-state index contributed by atoms with van der Waals surface area (Å²) in [4.78, 5) is 4.51. The van der Waals surface area contributed by atoms with Crippen LogP contribution < -0.4 is 0 Å². The van der Waals surface area contributed by atoms with Crippen molar-refractivity contribution in [3.8, 4) is 0 Å². The van der Waals surface area contributed by atoms with Crippen molar-refractivity contribution in [2.75, 3.05) is 17.9 Å². The molecule has 0 spiro atoms. The number of nitrogens with zero attached hydrogens (tertiary/aromatic N) is 2. The molecule has 0 radical (unpaired) electrons. The zero-order valence-electron chi connectivity index (χ0n) is 11.2. The average Bonchev–Trinajstić information content (AvgIpc) is 2.69. The molecule has 0 saturated heterocycles. The number of hydrogen-bond acceptors (Lipinski definition) is 2. The largest absolute Gasteiger partial charge is 0.328 e. The number of hydrogen-bond donors (Lipinski definition) is 0. The van der Waals surface area contributed by atoms with Crippen molar-refractivity contribution in [1.82, 2.24) is 9.55 Å². The molecule has 0 atom stereocenters. The van der Waals surface area contributed by atoms with Gasteiger partial charge in [-0.1, -0.05) is 0 Å². The van der Waals surface area contributed by atoms with Gasteiger partial charge in [-0.3, -0.25) is 0 Å². The fourth-order valence-corrected chi connectivity index (χ4v) is 2.78. The topological polar surface area (TPSA) is 17.8 Å². The van der Waals surface area contributed by atoms with Crippen LogP contribution in [0, 0.1) is 12.7 Å². The molecule has 104 valence electrons. The lowest BCUT2D eigenvalue weighted by molar-refractivity contribution is 0.619. The van der Waals surface area contributed by atoms with Gasteiger partial charge in [-0.25, -0.2) is 9.37 Å². The number of fused-ring (bicyclic) bond motifs is 1. The minimum Gasteiger partial charge on any atom is -0.328 e. The van der Waals surface area contributed by atoms with E-state index in [4.69, 9.17) is 11.6 Å². The van der Waals surface area contributed by atoms with Crippen LogP contribution in [0.4, 0.5) is 4.39 Å². The molecule has 0 unspecified atom stereocenters. The Kier molecular flexibility index (Phi) is 5.11. The number of imidazole rings is 1. The number of aromatic nitrogens is 2. The second-order valence-electron chi connectivity index (χ2n) is 4.56. The maximum atomic E-state index is 13.6. The van der Waals surface area contributed by atoms with Gasteiger partial charge >= 0.3 is 0 Å². The van der Waals surface area contributed by atoms with Gasteiger partial charge in [-0.2, -0.15) is 11.8 Å². The highest BCUT2D eigenvalue weighted by molar-refractivity contribution is 7.98. The first-order valence-corrected chi connectivity index (χ1v) is 8.30. The van der Waals surface area contributed by atoms with Crippen LogP contribution in [0.3, 0.4) is 0 Å². The molecule has 19 heavy (non-hydrogen) atoms. The van der Waals surface area contributed by atoms with E-state index in [1.54, 1.807) is 6.92 Å². The van der Waals surface area contributed by atoms with E-state index in [0.717, 1.165) is 42.0 Å². The van der Waals surface area contributed by atoms with Gasteiger partial charge in [-0.05, 0) is 37.0 Å². The summed E-state index contributed by atoms with van der Waals surface area (Å²) in [5.74, 6) is 2.41. The predicted octanol–water partition coefficient (Wildman–Crippen LogP) is 4.02. The number of halogens is 2. The van der Waals surface area contributed by atoms with Crippen molar-refractivity contribution in [2.24, 2.45) is 0 Å². The molecule has 0 saturated carbocycles. The van der Waals surface area contributed by atoms with Gasteiger partial charge in [-0.15, -0.1) is 11.6 Å². The molecule has 0 bridgehead atoms. The van der Waals surface area contributed by atoms with Crippen LogP contribution in [0.1, 0.15) is 17.8 Å². The first-order valence-electron chi connectivity index (χ1n) is 6.37. The Morgan fingerprint density at radius 3 is 2.89 bits per heavy atom. The van der Waals surface area contributed by atoms with Crippen molar-refractivity contribution in [3.63, 3.8) is 0 Å². The second-order valence-corrected chi connectivity index (χ2v) is 5.92. The second kappa shape index (κ2) is 6.62. The maximum absolute atomic E-state index is 13.6. The number of benzene rings is 1. The molecule has 0 fully saturated rings. The Morgan fingerprint density at radius 2 is 2.21 bits per heavy atom. The molecule has 0 amide bonds. The van der Waals surface area contributed by atoms with Crippen molar-refractivity contribution < 1.29 is 4.39 Å². The van der Waals surface area contributed by atoms with Gasteiger partial charge in [0.2, 0.25) is 0 Å². The van der Waals surface area contributed by atoms with Crippen LogP contribution in [-0.2, 0) is 13.0 Å². The molecule has 0 aliphatic carbocycles. The summed E-state index contributed by atoms with van der Waals surface area (Å²) in [6.45, 7) is 2.70. The van der Waals surface area contributed by atoms with Crippen molar-refractivity contribution in [2.45, 2.75) is 26.3 Å². The quantitative estimate of drug-likeness (QED) is 0.592. The van der Waals surface area contributed by atoms with E-state index in [1.165, 1.54) is 6.07 Å². The fraction of sp³-hybridized carbons (Fsp3) is 0.500. The summed E-state index contributed by atoms with van der Waals surface area (Å²) in [5, 5.41) is 0. The summed E-state index contributed by atoms with van der Waals surface area (Å²) in [6.07, 6.45) is 3.90. The molecule has 1 aromatic carbocycles. The van der Waals surface area contributed by atoms with E-state index in [0.29, 0.717) is 11.4 Å². The average molecular weight is 301 g/mol. The van der Waals surface area contributed by atoms with Crippen LogP contribution in [0.25, 0.3) is 11.0 Å². The van der Waals surface area contributed by atoms with Gasteiger partial charge in [0.15, 0.2) is 0 Å². The Bertz CT molecular complexity index is 568. The first-order chi connectivity index (χ1) is 9.17. The van der Waals surface area contributed by atoms with E-state index in [2.05, 4.69) is 15.8 Å². The van der Waals surface area contributed by atoms with Crippen LogP contribution >= 0.6 is 23.4 Å². The lowest BCUT2D eigenvalue weighted by atomic mass is 10.2. The minimum absolute atomic E-state index is 0.196. The van der Waals surface area contributed by atoms with Crippen LogP contribution in [0.15, 0.2) is 12.1 Å². The molecule has 0 aliphatic heterocycles.